The van der Waals surface area contributed by atoms with E-state index in [0.29, 0.717) is 18.6 Å². The van der Waals surface area contributed by atoms with Crippen molar-refractivity contribution < 1.29 is 28.5 Å². The molecule has 178 valence electrons. The molecule has 2 aliphatic rings. The third-order valence-corrected chi connectivity index (χ3v) is 6.61. The van der Waals surface area contributed by atoms with E-state index < -0.39 is 5.79 Å². The average molecular weight is 455 g/mol. The molecule has 0 aliphatic carbocycles. The lowest BCUT2D eigenvalue weighted by molar-refractivity contribution is -0.166. The van der Waals surface area contributed by atoms with Gasteiger partial charge in [0.1, 0.15) is 23.0 Å². The molecule has 0 amide bonds. The average Bonchev–Trinajstić information content (AvgIpc) is 2.66. The third kappa shape index (κ3) is 4.29. The summed E-state index contributed by atoms with van der Waals surface area (Å²) in [5.41, 5.74) is 3.49. The highest BCUT2D eigenvalue weighted by Crippen LogP contribution is 2.55. The van der Waals surface area contributed by atoms with Crippen molar-refractivity contribution in [2.45, 2.75) is 77.9 Å². The number of ether oxygens (including phenoxy) is 5. The van der Waals surface area contributed by atoms with Gasteiger partial charge in [0.25, 0.3) is 5.79 Å². The van der Waals surface area contributed by atoms with Crippen LogP contribution in [0, 0.1) is 13.8 Å². The second-order valence-electron chi connectivity index (χ2n) is 10.6. The molecule has 0 N–H and O–H groups in total. The van der Waals surface area contributed by atoms with Crippen LogP contribution in [-0.4, -0.2) is 25.7 Å². The monoisotopic (exact) mass is 454 g/mol. The first-order valence-corrected chi connectivity index (χ1v) is 11.3. The van der Waals surface area contributed by atoms with Crippen molar-refractivity contribution in [1.29, 1.82) is 0 Å². The Morgan fingerprint density at radius 1 is 0.879 bits per heavy atom. The molecule has 33 heavy (non-hydrogen) atoms. The summed E-state index contributed by atoms with van der Waals surface area (Å²) in [5.74, 6) is 1.83. The van der Waals surface area contributed by atoms with E-state index in [0.717, 1.165) is 39.5 Å². The summed E-state index contributed by atoms with van der Waals surface area (Å²) in [6.45, 7) is 14.3. The lowest BCUT2D eigenvalue weighted by Gasteiger charge is -2.51. The lowest BCUT2D eigenvalue weighted by Crippen LogP contribution is -2.55. The van der Waals surface area contributed by atoms with Crippen molar-refractivity contribution in [1.82, 2.24) is 0 Å². The molecule has 0 fully saturated rings. The summed E-state index contributed by atoms with van der Waals surface area (Å²) in [5, 5.41) is 0. The summed E-state index contributed by atoms with van der Waals surface area (Å²) in [4.78, 5) is 11.5. The van der Waals surface area contributed by atoms with E-state index in [9.17, 15) is 4.79 Å². The van der Waals surface area contributed by atoms with Gasteiger partial charge in [-0.3, -0.25) is 4.79 Å². The van der Waals surface area contributed by atoms with E-state index in [1.54, 1.807) is 7.11 Å². The van der Waals surface area contributed by atoms with Gasteiger partial charge in [0.05, 0.1) is 0 Å². The Labute approximate surface area is 196 Å². The SMILES string of the molecule is COCOc1cc2c(cc1C)OC1(CC2(C)C)CC(C)(C)c2cc(OC(C)=O)c(C)cc2O1. The van der Waals surface area contributed by atoms with Crippen LogP contribution >= 0.6 is 0 Å². The number of hydrogen-bond acceptors (Lipinski definition) is 6. The number of fused-ring (bicyclic) bond motifs is 2. The zero-order valence-corrected chi connectivity index (χ0v) is 20.9. The molecule has 0 radical (unpaired) electrons. The number of carbonyl (C=O) groups excluding carboxylic acids is 1. The molecule has 2 heterocycles. The van der Waals surface area contributed by atoms with Crippen LogP contribution in [0.1, 0.15) is 69.7 Å². The maximum Gasteiger partial charge on any atom is 0.308 e. The molecule has 1 unspecified atom stereocenters. The standard InChI is InChI=1S/C27H34O6/c1-16-9-23-19(11-21(16)30-15-29-8)25(4,5)13-27(32-23)14-26(6,7)20-12-22(31-18(3)28)17(2)10-24(20)33-27/h9-12H,13-15H2,1-8H3. The first kappa shape index (κ1) is 23.4. The van der Waals surface area contributed by atoms with Crippen LogP contribution < -0.4 is 18.9 Å². The van der Waals surface area contributed by atoms with Crippen LogP contribution in [-0.2, 0) is 20.4 Å². The predicted octanol–water partition coefficient (Wildman–Crippen LogP) is 5.73. The first-order valence-electron chi connectivity index (χ1n) is 11.3. The second-order valence-corrected chi connectivity index (χ2v) is 10.6. The lowest BCUT2D eigenvalue weighted by atomic mass is 9.69. The Morgan fingerprint density at radius 2 is 1.36 bits per heavy atom. The summed E-state index contributed by atoms with van der Waals surface area (Å²) >= 11 is 0. The van der Waals surface area contributed by atoms with Gasteiger partial charge in [-0.1, -0.05) is 27.7 Å². The van der Waals surface area contributed by atoms with Crippen LogP contribution in [0.25, 0.3) is 0 Å². The van der Waals surface area contributed by atoms with Crippen LogP contribution in [0.2, 0.25) is 0 Å². The highest BCUT2D eigenvalue weighted by atomic mass is 16.7. The molecule has 0 bridgehead atoms. The second kappa shape index (κ2) is 7.94. The number of esters is 1. The summed E-state index contributed by atoms with van der Waals surface area (Å²) < 4.78 is 29.6. The fourth-order valence-electron chi connectivity index (χ4n) is 5.26. The quantitative estimate of drug-likeness (QED) is 0.334. The zero-order chi connectivity index (χ0) is 24.2. The highest BCUT2D eigenvalue weighted by molar-refractivity contribution is 5.70. The van der Waals surface area contributed by atoms with E-state index in [-0.39, 0.29) is 23.6 Å². The number of methoxy groups -OCH3 is 1. The zero-order valence-electron chi connectivity index (χ0n) is 20.9. The van der Waals surface area contributed by atoms with Crippen molar-refractivity contribution in [2.24, 2.45) is 0 Å². The van der Waals surface area contributed by atoms with Gasteiger partial charge in [-0.25, -0.2) is 0 Å². The number of hydrogen-bond donors (Lipinski definition) is 0. The number of carbonyl (C=O) groups is 1. The Hall–Kier alpha value is -2.73. The van der Waals surface area contributed by atoms with Crippen molar-refractivity contribution in [3.8, 4) is 23.0 Å². The molecule has 4 rings (SSSR count). The smallest absolute Gasteiger partial charge is 0.308 e. The minimum absolute atomic E-state index is 0.202. The van der Waals surface area contributed by atoms with Crippen LogP contribution in [0.15, 0.2) is 24.3 Å². The molecule has 0 saturated carbocycles. The maximum absolute atomic E-state index is 11.5. The minimum Gasteiger partial charge on any atom is -0.467 e. The third-order valence-electron chi connectivity index (χ3n) is 6.61. The van der Waals surface area contributed by atoms with Crippen LogP contribution in [0.3, 0.4) is 0 Å². The maximum atomic E-state index is 11.5. The van der Waals surface area contributed by atoms with Gasteiger partial charge in [0.2, 0.25) is 0 Å². The molecule has 6 heteroatoms. The summed E-state index contributed by atoms with van der Waals surface area (Å²) in [6.07, 6.45) is 1.35. The summed E-state index contributed by atoms with van der Waals surface area (Å²) in [6, 6.07) is 7.98. The van der Waals surface area contributed by atoms with E-state index in [1.165, 1.54) is 6.92 Å². The molecule has 0 saturated heterocycles. The summed E-state index contributed by atoms with van der Waals surface area (Å²) in [7, 11) is 1.61. The van der Waals surface area contributed by atoms with E-state index in [2.05, 4.69) is 33.8 Å². The predicted molar refractivity (Wildman–Crippen MR) is 125 cm³/mol. The van der Waals surface area contributed by atoms with Crippen molar-refractivity contribution in [2.75, 3.05) is 13.9 Å². The Balaban J connectivity index is 1.75. The van der Waals surface area contributed by atoms with Gasteiger partial charge in [0.15, 0.2) is 6.79 Å². The molecule has 2 aromatic rings. The molecule has 6 nitrogen and oxygen atoms in total. The fraction of sp³-hybridized carbons (Fsp3) is 0.519. The van der Waals surface area contributed by atoms with Gasteiger partial charge in [-0.05, 0) is 49.2 Å². The molecule has 2 aliphatic heterocycles. The van der Waals surface area contributed by atoms with Gasteiger partial charge >= 0.3 is 5.97 Å². The molecule has 1 spiro atoms. The van der Waals surface area contributed by atoms with Gasteiger partial charge in [-0.2, -0.15) is 0 Å². The van der Waals surface area contributed by atoms with E-state index in [1.807, 2.05) is 32.0 Å². The first-order chi connectivity index (χ1) is 15.4. The topological polar surface area (TPSA) is 63.2 Å². The van der Waals surface area contributed by atoms with Gasteiger partial charge in [0, 0.05) is 48.8 Å². The van der Waals surface area contributed by atoms with E-state index >= 15 is 0 Å². The largest absolute Gasteiger partial charge is 0.467 e. The molecular formula is C27H34O6. The van der Waals surface area contributed by atoms with E-state index in [4.69, 9.17) is 23.7 Å². The molecule has 2 aromatic carbocycles. The number of aryl methyl sites for hydroxylation is 2. The Morgan fingerprint density at radius 3 is 1.85 bits per heavy atom. The number of benzene rings is 2. The fourth-order valence-corrected chi connectivity index (χ4v) is 5.26. The highest BCUT2D eigenvalue weighted by Gasteiger charge is 2.53. The normalized spacial score (nSPS) is 21.9. The number of rotatable bonds is 4. The van der Waals surface area contributed by atoms with Crippen LogP contribution in [0.5, 0.6) is 23.0 Å². The Kier molecular flexibility index (Phi) is 5.64. The van der Waals surface area contributed by atoms with Crippen molar-refractivity contribution >= 4 is 5.97 Å². The van der Waals surface area contributed by atoms with Crippen LogP contribution in [0.4, 0.5) is 0 Å². The van der Waals surface area contributed by atoms with Crippen molar-refractivity contribution in [3.63, 3.8) is 0 Å². The Bertz CT molecular complexity index is 1100. The van der Waals surface area contributed by atoms with Gasteiger partial charge in [-0.15, -0.1) is 0 Å². The molecule has 1 atom stereocenters. The van der Waals surface area contributed by atoms with Gasteiger partial charge < -0.3 is 23.7 Å². The molecular weight excluding hydrogens is 420 g/mol. The molecule has 0 aromatic heterocycles. The minimum atomic E-state index is -0.802. The van der Waals surface area contributed by atoms with Crippen molar-refractivity contribution in [3.05, 3.63) is 46.5 Å².